The molecule has 0 unspecified atom stereocenters. The summed E-state index contributed by atoms with van der Waals surface area (Å²) in [4.78, 5) is 12.2. The first kappa shape index (κ1) is 15.4. The molecule has 7 heteroatoms. The van der Waals surface area contributed by atoms with Gasteiger partial charge in [-0.1, -0.05) is 11.6 Å². The van der Waals surface area contributed by atoms with Crippen LogP contribution in [0.15, 0.2) is 36.4 Å². The average Bonchev–Trinajstić information content (AvgIpc) is 2.97. The number of nitrogens with one attached hydrogen (secondary N) is 1. The topological polar surface area (TPSA) is 56.8 Å². The summed E-state index contributed by atoms with van der Waals surface area (Å²) in [6, 6.07) is 8.78. The van der Waals surface area contributed by atoms with Gasteiger partial charge >= 0.3 is 0 Å². The van der Waals surface area contributed by atoms with Crippen molar-refractivity contribution < 1.29 is 23.4 Å². The predicted octanol–water partition coefficient (Wildman–Crippen LogP) is 3.61. The van der Waals surface area contributed by atoms with E-state index in [9.17, 15) is 9.18 Å². The third-order valence-corrected chi connectivity index (χ3v) is 3.50. The minimum absolute atomic E-state index is 0.104. The second-order valence-corrected chi connectivity index (χ2v) is 5.30. The minimum Gasteiger partial charge on any atom is -0.479 e. The quantitative estimate of drug-likeness (QED) is 0.926. The van der Waals surface area contributed by atoms with Gasteiger partial charge in [0.15, 0.2) is 17.6 Å². The summed E-state index contributed by atoms with van der Waals surface area (Å²) in [6.45, 7) is 1.73. The van der Waals surface area contributed by atoms with Crippen molar-refractivity contribution in [1.82, 2.24) is 0 Å². The standard InChI is InChI=1S/C16H13ClFNO4/c1-9(23-13-4-2-10(18)6-12(13)17)16(20)19-11-3-5-14-15(7-11)22-8-21-14/h2-7,9H,8H2,1H3,(H,19,20)/t9-/m0/s1. The van der Waals surface area contributed by atoms with Crippen LogP contribution < -0.4 is 19.5 Å². The van der Waals surface area contributed by atoms with Gasteiger partial charge in [0, 0.05) is 11.8 Å². The Hall–Kier alpha value is -2.47. The highest BCUT2D eigenvalue weighted by Gasteiger charge is 2.19. The summed E-state index contributed by atoms with van der Waals surface area (Å²) in [5.41, 5.74) is 0.555. The number of hydrogen-bond donors (Lipinski definition) is 1. The zero-order valence-electron chi connectivity index (χ0n) is 12.1. The van der Waals surface area contributed by atoms with Crippen LogP contribution in [0.5, 0.6) is 17.2 Å². The molecule has 0 spiro atoms. The highest BCUT2D eigenvalue weighted by molar-refractivity contribution is 6.32. The number of carbonyl (C=O) groups excluding carboxylic acids is 1. The van der Waals surface area contributed by atoms with E-state index in [-0.39, 0.29) is 23.5 Å². The van der Waals surface area contributed by atoms with Gasteiger partial charge in [-0.2, -0.15) is 0 Å². The van der Waals surface area contributed by atoms with Crippen LogP contribution in [0.1, 0.15) is 6.92 Å². The molecule has 0 fully saturated rings. The van der Waals surface area contributed by atoms with Crippen molar-refractivity contribution in [2.45, 2.75) is 13.0 Å². The fraction of sp³-hybridized carbons (Fsp3) is 0.188. The fourth-order valence-electron chi connectivity index (χ4n) is 2.03. The van der Waals surface area contributed by atoms with Gasteiger partial charge < -0.3 is 19.5 Å². The van der Waals surface area contributed by atoms with Gasteiger partial charge in [-0.05, 0) is 37.3 Å². The van der Waals surface area contributed by atoms with Crippen LogP contribution in [0.3, 0.4) is 0 Å². The zero-order chi connectivity index (χ0) is 16.4. The summed E-state index contributed by atoms with van der Waals surface area (Å²) in [6.07, 6.45) is -0.816. The van der Waals surface area contributed by atoms with E-state index in [2.05, 4.69) is 5.32 Å². The molecule has 3 rings (SSSR count). The van der Waals surface area contributed by atoms with E-state index < -0.39 is 11.9 Å². The molecule has 1 aliphatic rings. The molecule has 0 saturated heterocycles. The second kappa shape index (κ2) is 6.34. The highest BCUT2D eigenvalue weighted by atomic mass is 35.5. The molecular formula is C16H13ClFNO4. The molecule has 0 bridgehead atoms. The van der Waals surface area contributed by atoms with Crippen molar-refractivity contribution in [3.63, 3.8) is 0 Å². The van der Waals surface area contributed by atoms with E-state index in [0.29, 0.717) is 17.2 Å². The van der Waals surface area contributed by atoms with Crippen LogP contribution in [0, 0.1) is 5.82 Å². The molecular weight excluding hydrogens is 325 g/mol. The number of rotatable bonds is 4. The molecule has 0 radical (unpaired) electrons. The summed E-state index contributed by atoms with van der Waals surface area (Å²) in [5.74, 6) is 0.591. The molecule has 0 aromatic heterocycles. The maximum absolute atomic E-state index is 13.0. The van der Waals surface area contributed by atoms with E-state index in [1.807, 2.05) is 0 Å². The van der Waals surface area contributed by atoms with Crippen molar-refractivity contribution >= 4 is 23.2 Å². The Morgan fingerprint density at radius 3 is 2.83 bits per heavy atom. The molecule has 0 aliphatic carbocycles. The smallest absolute Gasteiger partial charge is 0.265 e. The number of carbonyl (C=O) groups is 1. The van der Waals surface area contributed by atoms with Crippen molar-refractivity contribution in [3.8, 4) is 17.2 Å². The number of anilines is 1. The molecule has 23 heavy (non-hydrogen) atoms. The third-order valence-electron chi connectivity index (χ3n) is 3.21. The van der Waals surface area contributed by atoms with Crippen LogP contribution >= 0.6 is 11.6 Å². The predicted molar refractivity (Wildman–Crippen MR) is 82.7 cm³/mol. The Morgan fingerprint density at radius 1 is 1.26 bits per heavy atom. The normalized spacial score (nSPS) is 13.5. The number of fused-ring (bicyclic) bond motifs is 1. The van der Waals surface area contributed by atoms with Crippen molar-refractivity contribution in [2.24, 2.45) is 0 Å². The Morgan fingerprint density at radius 2 is 2.04 bits per heavy atom. The lowest BCUT2D eigenvalue weighted by molar-refractivity contribution is -0.122. The molecule has 1 amide bonds. The molecule has 2 aromatic rings. The van der Waals surface area contributed by atoms with Crippen LogP contribution in [0.25, 0.3) is 0 Å². The zero-order valence-corrected chi connectivity index (χ0v) is 12.9. The molecule has 1 aliphatic heterocycles. The number of hydrogen-bond acceptors (Lipinski definition) is 4. The van der Waals surface area contributed by atoms with Crippen LogP contribution in [-0.4, -0.2) is 18.8 Å². The van der Waals surface area contributed by atoms with Gasteiger partial charge in [0.05, 0.1) is 5.02 Å². The molecule has 5 nitrogen and oxygen atoms in total. The minimum atomic E-state index is -0.816. The van der Waals surface area contributed by atoms with Gasteiger partial charge in [0.2, 0.25) is 6.79 Å². The van der Waals surface area contributed by atoms with E-state index >= 15 is 0 Å². The van der Waals surface area contributed by atoms with Crippen molar-refractivity contribution in [2.75, 3.05) is 12.1 Å². The first-order valence-corrected chi connectivity index (χ1v) is 7.23. The Kier molecular flexibility index (Phi) is 4.25. The van der Waals surface area contributed by atoms with E-state index in [1.54, 1.807) is 25.1 Å². The number of ether oxygens (including phenoxy) is 3. The summed E-state index contributed by atoms with van der Waals surface area (Å²) < 4.78 is 28.9. The molecule has 0 saturated carbocycles. The van der Waals surface area contributed by atoms with Crippen LogP contribution in [-0.2, 0) is 4.79 Å². The molecule has 2 aromatic carbocycles. The average molecular weight is 338 g/mol. The lowest BCUT2D eigenvalue weighted by atomic mass is 10.2. The largest absolute Gasteiger partial charge is 0.479 e. The van der Waals surface area contributed by atoms with Gasteiger partial charge in [0.25, 0.3) is 5.91 Å². The first-order valence-electron chi connectivity index (χ1n) is 6.85. The van der Waals surface area contributed by atoms with Gasteiger partial charge in [-0.15, -0.1) is 0 Å². The summed E-state index contributed by atoms with van der Waals surface area (Å²) >= 11 is 5.88. The number of benzene rings is 2. The monoisotopic (exact) mass is 337 g/mol. The Balaban J connectivity index is 1.65. The summed E-state index contributed by atoms with van der Waals surface area (Å²) in [5, 5.41) is 2.81. The maximum atomic E-state index is 13.0. The molecule has 1 atom stereocenters. The van der Waals surface area contributed by atoms with E-state index in [1.165, 1.54) is 12.1 Å². The van der Waals surface area contributed by atoms with Crippen LogP contribution in [0.4, 0.5) is 10.1 Å². The second-order valence-electron chi connectivity index (χ2n) is 4.89. The third kappa shape index (κ3) is 3.48. The number of halogens is 2. The maximum Gasteiger partial charge on any atom is 0.265 e. The molecule has 1 heterocycles. The van der Waals surface area contributed by atoms with Crippen molar-refractivity contribution in [3.05, 3.63) is 47.2 Å². The van der Waals surface area contributed by atoms with Crippen LogP contribution in [0.2, 0.25) is 5.02 Å². The lowest BCUT2D eigenvalue weighted by Gasteiger charge is -2.15. The lowest BCUT2D eigenvalue weighted by Crippen LogP contribution is -2.30. The van der Waals surface area contributed by atoms with Gasteiger partial charge in [-0.3, -0.25) is 4.79 Å². The van der Waals surface area contributed by atoms with Gasteiger partial charge in [0.1, 0.15) is 11.6 Å². The van der Waals surface area contributed by atoms with Gasteiger partial charge in [-0.25, -0.2) is 4.39 Å². The fourth-order valence-corrected chi connectivity index (χ4v) is 2.24. The number of amides is 1. The van der Waals surface area contributed by atoms with E-state index in [0.717, 1.165) is 6.07 Å². The first-order chi connectivity index (χ1) is 11.0. The highest BCUT2D eigenvalue weighted by Crippen LogP contribution is 2.34. The van der Waals surface area contributed by atoms with E-state index in [4.69, 9.17) is 25.8 Å². The Labute approximate surface area is 136 Å². The molecule has 1 N–H and O–H groups in total. The SMILES string of the molecule is C[C@H](Oc1ccc(F)cc1Cl)C(=O)Nc1ccc2c(c1)OCO2. The Bertz CT molecular complexity index is 753. The molecule has 120 valence electrons. The van der Waals surface area contributed by atoms with Crippen molar-refractivity contribution in [1.29, 1.82) is 0 Å². The summed E-state index contributed by atoms with van der Waals surface area (Å²) in [7, 11) is 0.